The van der Waals surface area contributed by atoms with Gasteiger partial charge in [-0.05, 0) is 58.7 Å². The lowest BCUT2D eigenvalue weighted by molar-refractivity contribution is -0.132. The van der Waals surface area contributed by atoms with E-state index in [1.165, 1.54) is 42.2 Å². The number of Topliss-reactive ketones (excluding diaryl/α,β-unsaturated/α-hetero) is 1. The first-order chi connectivity index (χ1) is 23.4. The molecule has 1 fully saturated rings. The van der Waals surface area contributed by atoms with Gasteiger partial charge in [-0.25, -0.2) is 0 Å². The number of amides is 1. The maximum absolute atomic E-state index is 13.8. The molecule has 1 saturated heterocycles. The molecular weight excluding hydrogens is 647 g/mol. The molecule has 0 bridgehead atoms. The molecule has 2 heterocycles. The van der Waals surface area contributed by atoms with Gasteiger partial charge in [0.25, 0.3) is 5.78 Å². The number of unbranched alkanes of at least 4 members (excludes halogenated alkanes) is 2. The van der Waals surface area contributed by atoms with Crippen molar-refractivity contribution < 1.29 is 28.9 Å². The van der Waals surface area contributed by atoms with Gasteiger partial charge in [0, 0.05) is 11.3 Å². The number of fused-ring (bicyclic) bond motifs is 1. The average Bonchev–Trinajstić information content (AvgIpc) is 3.70. The van der Waals surface area contributed by atoms with Crippen LogP contribution < -0.4 is 19.1 Å². The maximum atomic E-state index is 13.8. The fourth-order valence-corrected chi connectivity index (χ4v) is 7.56. The molecule has 0 radical (unpaired) electrons. The molecule has 1 aromatic heterocycles. The van der Waals surface area contributed by atoms with E-state index < -0.39 is 17.7 Å². The van der Waals surface area contributed by atoms with E-state index >= 15 is 0 Å². The number of aliphatic hydroxyl groups excluding tert-OH is 1. The third kappa shape index (κ3) is 6.74. The second-order valence-corrected chi connectivity index (χ2v) is 13.3. The van der Waals surface area contributed by atoms with Crippen LogP contribution in [0.4, 0.5) is 5.13 Å². The van der Waals surface area contributed by atoms with Crippen molar-refractivity contribution in [3.8, 4) is 17.2 Å². The highest BCUT2D eigenvalue weighted by Gasteiger charge is 2.48. The fourth-order valence-electron chi connectivity index (χ4n) is 5.69. The summed E-state index contributed by atoms with van der Waals surface area (Å²) in [7, 11) is 2.99. The van der Waals surface area contributed by atoms with E-state index in [1.807, 2.05) is 30.3 Å². The number of aliphatic hydroxyl groups is 1. The predicted octanol–water partition coefficient (Wildman–Crippen LogP) is 8.20. The van der Waals surface area contributed by atoms with Crippen molar-refractivity contribution in [1.82, 2.24) is 10.2 Å². The molecule has 0 unspecified atom stereocenters. The molecule has 1 atom stereocenters. The Morgan fingerprint density at radius 2 is 1.69 bits per heavy atom. The van der Waals surface area contributed by atoms with Gasteiger partial charge in [0.15, 0.2) is 15.8 Å². The summed E-state index contributed by atoms with van der Waals surface area (Å²) < 4.78 is 17.3. The quantitative estimate of drug-likeness (QED) is 0.0328. The highest BCUT2D eigenvalue weighted by molar-refractivity contribution is 8.00. The number of ether oxygens (including phenoxy) is 3. The minimum atomic E-state index is -0.962. The fraction of sp³-hybridized carbons (Fsp3) is 0.243. The van der Waals surface area contributed by atoms with Gasteiger partial charge in [-0.15, -0.1) is 10.2 Å². The molecule has 48 heavy (non-hydrogen) atoms. The third-order valence-electron chi connectivity index (χ3n) is 8.15. The van der Waals surface area contributed by atoms with Crippen LogP contribution in [0.15, 0.2) is 94.8 Å². The van der Waals surface area contributed by atoms with Crippen molar-refractivity contribution in [2.45, 2.75) is 42.3 Å². The number of aromatic nitrogens is 2. The van der Waals surface area contributed by atoms with Gasteiger partial charge in [-0.1, -0.05) is 97.5 Å². The summed E-state index contributed by atoms with van der Waals surface area (Å²) in [6.45, 7) is 2.73. The molecule has 1 aliphatic heterocycles. The number of hydrogen-bond donors (Lipinski definition) is 1. The first-order valence-electron chi connectivity index (χ1n) is 15.6. The lowest BCUT2D eigenvalue weighted by Crippen LogP contribution is -2.29. The van der Waals surface area contributed by atoms with Crippen molar-refractivity contribution in [2.75, 3.05) is 25.7 Å². The Kier molecular flexibility index (Phi) is 10.3. The SMILES string of the molecule is CCCCCOc1ccc([C@H]2C(=C(O)c3ccc(OC)c(OC)c3)C(=O)C(=O)N2c2nnc(SCc3cccc4ccccc34)s2)cc1. The molecule has 0 saturated carbocycles. The summed E-state index contributed by atoms with van der Waals surface area (Å²) in [5.74, 6) is 0.191. The van der Waals surface area contributed by atoms with Gasteiger partial charge in [0.2, 0.25) is 5.13 Å². The van der Waals surface area contributed by atoms with Crippen molar-refractivity contribution in [3.63, 3.8) is 0 Å². The summed E-state index contributed by atoms with van der Waals surface area (Å²) in [5, 5.41) is 22.9. The van der Waals surface area contributed by atoms with E-state index in [9.17, 15) is 14.7 Å². The van der Waals surface area contributed by atoms with Crippen LogP contribution >= 0.6 is 23.1 Å². The van der Waals surface area contributed by atoms with E-state index in [-0.39, 0.29) is 16.5 Å². The highest BCUT2D eigenvalue weighted by atomic mass is 32.2. The predicted molar refractivity (Wildman–Crippen MR) is 189 cm³/mol. The summed E-state index contributed by atoms with van der Waals surface area (Å²) in [6.07, 6.45) is 3.12. The van der Waals surface area contributed by atoms with E-state index in [1.54, 1.807) is 30.3 Å². The minimum absolute atomic E-state index is 0.0657. The number of thioether (sulfide) groups is 1. The smallest absolute Gasteiger partial charge is 0.301 e. The second-order valence-electron chi connectivity index (χ2n) is 11.1. The summed E-state index contributed by atoms with van der Waals surface area (Å²) in [4.78, 5) is 28.8. The topological polar surface area (TPSA) is 111 Å². The Balaban J connectivity index is 1.35. The van der Waals surface area contributed by atoms with Gasteiger partial charge in [-0.3, -0.25) is 14.5 Å². The number of hydrogen-bond acceptors (Lipinski definition) is 10. The Bertz CT molecular complexity index is 1970. The largest absolute Gasteiger partial charge is 0.507 e. The lowest BCUT2D eigenvalue weighted by Gasteiger charge is -2.23. The normalized spacial score (nSPS) is 15.6. The van der Waals surface area contributed by atoms with Gasteiger partial charge in [-0.2, -0.15) is 0 Å². The van der Waals surface area contributed by atoms with Gasteiger partial charge < -0.3 is 19.3 Å². The number of carbonyl (C=O) groups excluding carboxylic acids is 2. The van der Waals surface area contributed by atoms with Crippen LogP contribution in [0.1, 0.15) is 48.9 Å². The third-order valence-corrected chi connectivity index (χ3v) is 10.3. The Morgan fingerprint density at radius 1 is 0.917 bits per heavy atom. The number of anilines is 1. The van der Waals surface area contributed by atoms with Crippen LogP contribution in [0.3, 0.4) is 0 Å². The standard InChI is InChI=1S/C37H35N3O6S2/c1-4-5-8-20-46-27-17-14-24(15-18-27)32-31(33(41)25-16-19-29(44-2)30(21-25)45-3)34(42)35(43)40(32)36-38-39-37(48-36)47-22-26-12-9-11-23-10-6-7-13-28(23)26/h6-7,9-19,21,32,41H,4-5,8,20,22H2,1-3H3/t32-/m0/s1. The first-order valence-corrected chi connectivity index (χ1v) is 17.4. The molecular formula is C37H35N3O6S2. The molecule has 6 rings (SSSR count). The van der Waals surface area contributed by atoms with Crippen molar-refractivity contribution >= 4 is 56.5 Å². The number of nitrogens with zero attached hydrogens (tertiary/aromatic N) is 3. The second kappa shape index (κ2) is 14.9. The van der Waals surface area contributed by atoms with Crippen LogP contribution in [0.25, 0.3) is 16.5 Å². The van der Waals surface area contributed by atoms with E-state index in [0.29, 0.717) is 45.1 Å². The monoisotopic (exact) mass is 681 g/mol. The zero-order chi connectivity index (χ0) is 33.6. The van der Waals surface area contributed by atoms with Crippen LogP contribution in [0, 0.1) is 0 Å². The molecule has 246 valence electrons. The molecule has 1 amide bonds. The number of rotatable bonds is 13. The van der Waals surface area contributed by atoms with Crippen LogP contribution in [-0.2, 0) is 15.3 Å². The van der Waals surface area contributed by atoms with E-state index in [2.05, 4.69) is 41.4 Å². The van der Waals surface area contributed by atoms with Gasteiger partial charge >= 0.3 is 5.91 Å². The van der Waals surface area contributed by atoms with Crippen LogP contribution in [0.2, 0.25) is 0 Å². The van der Waals surface area contributed by atoms with Crippen molar-refractivity contribution in [3.05, 3.63) is 107 Å². The molecule has 4 aromatic carbocycles. The lowest BCUT2D eigenvalue weighted by atomic mass is 9.95. The summed E-state index contributed by atoms with van der Waals surface area (Å²) >= 11 is 2.74. The first kappa shape index (κ1) is 33.0. The van der Waals surface area contributed by atoms with Crippen molar-refractivity contribution in [2.24, 2.45) is 0 Å². The zero-order valence-corrected chi connectivity index (χ0v) is 28.5. The average molecular weight is 682 g/mol. The van der Waals surface area contributed by atoms with Crippen molar-refractivity contribution in [1.29, 1.82) is 0 Å². The maximum Gasteiger partial charge on any atom is 0.301 e. The Morgan fingerprint density at radius 3 is 2.46 bits per heavy atom. The molecule has 5 aromatic rings. The van der Waals surface area contributed by atoms with Gasteiger partial charge in [0.1, 0.15) is 11.5 Å². The molecule has 9 nitrogen and oxygen atoms in total. The molecule has 1 aliphatic rings. The molecule has 11 heteroatoms. The number of benzene rings is 4. The minimum Gasteiger partial charge on any atom is -0.507 e. The summed E-state index contributed by atoms with van der Waals surface area (Å²) in [5.41, 5.74) is 2.00. The highest BCUT2D eigenvalue weighted by Crippen LogP contribution is 2.45. The number of carbonyl (C=O) groups is 2. The van der Waals surface area contributed by atoms with Crippen LogP contribution in [-0.4, -0.2) is 47.8 Å². The van der Waals surface area contributed by atoms with Gasteiger partial charge in [0.05, 0.1) is 32.4 Å². The Labute approximate surface area is 287 Å². The van der Waals surface area contributed by atoms with E-state index in [0.717, 1.165) is 35.6 Å². The summed E-state index contributed by atoms with van der Waals surface area (Å²) in [6, 6.07) is 25.5. The number of methoxy groups -OCH3 is 2. The molecule has 0 aliphatic carbocycles. The van der Waals surface area contributed by atoms with E-state index in [4.69, 9.17) is 14.2 Å². The van der Waals surface area contributed by atoms with Crippen LogP contribution in [0.5, 0.6) is 17.2 Å². The number of ketones is 1. The molecule has 0 spiro atoms. The molecule has 1 N–H and O–H groups in total. The zero-order valence-electron chi connectivity index (χ0n) is 26.8. The Hall–Kier alpha value is -4.87.